The molecule has 0 spiro atoms. The second-order valence-corrected chi connectivity index (χ2v) is 7.12. The van der Waals surface area contributed by atoms with Crippen molar-refractivity contribution in [3.8, 4) is 5.75 Å². The molecule has 2 aromatic rings. The number of ether oxygens (including phenoxy) is 1. The zero-order valence-corrected chi connectivity index (χ0v) is 16.8. The van der Waals surface area contributed by atoms with Crippen LogP contribution in [0.25, 0.3) is 6.08 Å². The number of nitrogens with one attached hydrogen (secondary N) is 1. The number of hydrogen-bond donors (Lipinski definition) is 1. The van der Waals surface area contributed by atoms with Gasteiger partial charge in [-0.3, -0.25) is 4.79 Å². The fourth-order valence-electron chi connectivity index (χ4n) is 1.61. The summed E-state index contributed by atoms with van der Waals surface area (Å²) >= 11 is 7.19. The molecule has 0 fully saturated rings. The van der Waals surface area contributed by atoms with Gasteiger partial charge in [-0.15, -0.1) is 11.3 Å². The Labute approximate surface area is 165 Å². The zero-order valence-electron chi connectivity index (χ0n) is 12.4. The summed E-state index contributed by atoms with van der Waals surface area (Å²) in [6.07, 6.45) is 1.42. The van der Waals surface area contributed by atoms with Crippen LogP contribution in [0.4, 0.5) is 0 Å². The van der Waals surface area contributed by atoms with Gasteiger partial charge < -0.3 is 4.74 Å². The van der Waals surface area contributed by atoms with Gasteiger partial charge in [-0.1, -0.05) is 17.7 Å². The van der Waals surface area contributed by atoms with Crippen LogP contribution in [-0.2, 0) is 10.0 Å². The number of benzene rings is 1. The van der Waals surface area contributed by atoms with Crippen LogP contribution in [0.3, 0.4) is 0 Å². The largest absolute Gasteiger partial charge is 0.496 e. The van der Waals surface area contributed by atoms with E-state index in [0.29, 0.717) is 5.02 Å². The molecule has 0 aliphatic carbocycles. The fourth-order valence-corrected chi connectivity index (χ4v) is 3.24. The van der Waals surface area contributed by atoms with Gasteiger partial charge in [-0.25, -0.2) is 13.1 Å². The average molecular weight is 381 g/mol. The molecule has 5 nitrogen and oxygen atoms in total. The van der Waals surface area contributed by atoms with Crippen LogP contribution in [0.1, 0.15) is 15.2 Å². The second-order valence-electron chi connectivity index (χ2n) is 4.14. The average Bonchev–Trinajstić information content (AvgIpc) is 2.97. The van der Waals surface area contributed by atoms with E-state index < -0.39 is 15.9 Å². The molecule has 9 heteroatoms. The monoisotopic (exact) mass is 380 g/mol. The summed E-state index contributed by atoms with van der Waals surface area (Å²) in [6.45, 7) is 0. The molecule has 0 atom stereocenters. The molecule has 0 saturated carbocycles. The summed E-state index contributed by atoms with van der Waals surface area (Å²) in [6, 6.07) is 7.88. The smallest absolute Gasteiger partial charge is 0.268 e. The van der Waals surface area contributed by atoms with E-state index in [1.54, 1.807) is 12.1 Å². The van der Waals surface area contributed by atoms with Gasteiger partial charge in [-0.2, -0.15) is 0 Å². The van der Waals surface area contributed by atoms with Crippen molar-refractivity contribution < 1.29 is 17.9 Å². The quantitative estimate of drug-likeness (QED) is 0.809. The van der Waals surface area contributed by atoms with Gasteiger partial charge in [0.05, 0.1) is 18.1 Å². The van der Waals surface area contributed by atoms with Crippen molar-refractivity contribution in [3.05, 3.63) is 56.6 Å². The minimum Gasteiger partial charge on any atom is -0.496 e. The predicted molar refractivity (Wildman–Crippen MR) is 93.5 cm³/mol. The maximum Gasteiger partial charge on any atom is 0.268 e. The summed E-state index contributed by atoms with van der Waals surface area (Å²) in [4.78, 5) is 12.8. The van der Waals surface area contributed by atoms with Crippen LogP contribution in [0, 0.1) is 0 Å². The zero-order chi connectivity index (χ0) is 16.2. The number of halogens is 1. The Morgan fingerprint density at radius 3 is 2.70 bits per heavy atom. The Morgan fingerprint density at radius 1 is 1.35 bits per heavy atom. The molecule has 1 heterocycles. The molecule has 1 N–H and O–H groups in total. The SMILES string of the molecule is COc1cc(Cl)ccc1C(=O)NS(=O)(=O)/C=C/c1cccs1.[Na]. The Hall–Kier alpha value is -0.830. The minimum absolute atomic E-state index is 0. The van der Waals surface area contributed by atoms with Crippen molar-refractivity contribution in [1.82, 2.24) is 4.72 Å². The topological polar surface area (TPSA) is 72.5 Å². The van der Waals surface area contributed by atoms with E-state index in [0.717, 1.165) is 10.3 Å². The minimum atomic E-state index is -3.90. The summed E-state index contributed by atoms with van der Waals surface area (Å²) in [5.41, 5.74) is 0.0833. The first-order chi connectivity index (χ1) is 10.4. The van der Waals surface area contributed by atoms with Gasteiger partial charge in [0.1, 0.15) is 5.75 Å². The summed E-state index contributed by atoms with van der Waals surface area (Å²) in [7, 11) is -2.53. The third-order valence-corrected chi connectivity index (χ3v) is 4.63. The summed E-state index contributed by atoms with van der Waals surface area (Å²) < 4.78 is 30.8. The van der Waals surface area contributed by atoms with E-state index >= 15 is 0 Å². The Bertz CT molecular complexity index is 804. The van der Waals surface area contributed by atoms with Crippen molar-refractivity contribution in [3.63, 3.8) is 0 Å². The molecule has 1 radical (unpaired) electrons. The van der Waals surface area contributed by atoms with Gasteiger partial charge in [0, 0.05) is 39.5 Å². The molecule has 117 valence electrons. The maximum atomic E-state index is 12.1. The first kappa shape index (κ1) is 20.2. The molecule has 2 rings (SSSR count). The predicted octanol–water partition coefficient (Wildman–Crippen LogP) is 2.76. The van der Waals surface area contributed by atoms with Gasteiger partial charge in [0.15, 0.2) is 0 Å². The third-order valence-electron chi connectivity index (χ3n) is 2.60. The molecule has 0 aliphatic heterocycles. The van der Waals surface area contributed by atoms with Crippen LogP contribution in [0.15, 0.2) is 41.1 Å². The Balaban J connectivity index is 0.00000264. The Kier molecular flexibility index (Phi) is 7.79. The third kappa shape index (κ3) is 5.95. The van der Waals surface area contributed by atoms with E-state index in [1.165, 1.54) is 42.7 Å². The summed E-state index contributed by atoms with van der Waals surface area (Å²) in [5, 5.41) is 3.15. The second kappa shape index (κ2) is 8.86. The number of hydrogen-bond acceptors (Lipinski definition) is 5. The number of rotatable bonds is 5. The molecule has 0 bridgehead atoms. The van der Waals surface area contributed by atoms with Gasteiger partial charge in [0.25, 0.3) is 15.9 Å². The molecule has 0 saturated heterocycles. The molecule has 1 amide bonds. The van der Waals surface area contributed by atoms with Gasteiger partial charge in [-0.05, 0) is 35.7 Å². The first-order valence-corrected chi connectivity index (χ1v) is 8.84. The molecule has 0 unspecified atom stereocenters. The fraction of sp³-hybridized carbons (Fsp3) is 0.0714. The van der Waals surface area contributed by atoms with Crippen LogP contribution in [0.5, 0.6) is 5.75 Å². The van der Waals surface area contributed by atoms with E-state index in [4.69, 9.17) is 16.3 Å². The number of methoxy groups -OCH3 is 1. The number of sulfonamides is 1. The molecule has 0 aliphatic rings. The molecule has 1 aromatic carbocycles. The van der Waals surface area contributed by atoms with Crippen LogP contribution >= 0.6 is 22.9 Å². The van der Waals surface area contributed by atoms with Crippen molar-refractivity contribution >= 4 is 74.5 Å². The normalized spacial score (nSPS) is 11.0. The number of carbonyl (C=O) groups is 1. The number of thiophene rings is 1. The van der Waals surface area contributed by atoms with Crippen molar-refractivity contribution in [2.45, 2.75) is 0 Å². The van der Waals surface area contributed by atoms with Gasteiger partial charge >= 0.3 is 0 Å². The van der Waals surface area contributed by atoms with E-state index in [9.17, 15) is 13.2 Å². The van der Waals surface area contributed by atoms with Gasteiger partial charge in [0.2, 0.25) is 0 Å². The Morgan fingerprint density at radius 2 is 2.09 bits per heavy atom. The summed E-state index contributed by atoms with van der Waals surface area (Å²) in [5.74, 6) is -0.591. The van der Waals surface area contributed by atoms with Crippen LogP contribution in [0.2, 0.25) is 5.02 Å². The standard InChI is InChI=1S/C14H12ClNO4S2.Na/c1-20-13-9-10(15)4-5-12(13)14(17)16-22(18,19)8-6-11-3-2-7-21-11;/h2-9H,1H3,(H,16,17);/b8-6+;. The molecular weight excluding hydrogens is 369 g/mol. The van der Waals surface area contributed by atoms with Crippen molar-refractivity contribution in [2.24, 2.45) is 0 Å². The number of amides is 1. The van der Waals surface area contributed by atoms with E-state index in [1.807, 2.05) is 10.1 Å². The maximum absolute atomic E-state index is 12.1. The molecular formula is C14H12ClNNaO4S2. The van der Waals surface area contributed by atoms with Crippen molar-refractivity contribution in [2.75, 3.05) is 7.11 Å². The molecule has 1 aromatic heterocycles. The van der Waals surface area contributed by atoms with Crippen molar-refractivity contribution in [1.29, 1.82) is 0 Å². The van der Waals surface area contributed by atoms with E-state index in [-0.39, 0.29) is 40.9 Å². The first-order valence-electron chi connectivity index (χ1n) is 6.03. The number of carbonyl (C=O) groups excluding carboxylic acids is 1. The van der Waals surface area contributed by atoms with E-state index in [2.05, 4.69) is 0 Å². The van der Waals surface area contributed by atoms with Crippen LogP contribution in [-0.4, -0.2) is 51.0 Å². The molecule has 23 heavy (non-hydrogen) atoms. The van der Waals surface area contributed by atoms with Crippen LogP contribution < -0.4 is 9.46 Å².